The van der Waals surface area contributed by atoms with Gasteiger partial charge in [-0.2, -0.15) is 0 Å². The van der Waals surface area contributed by atoms with E-state index in [9.17, 15) is 0 Å². The van der Waals surface area contributed by atoms with Crippen LogP contribution in [0.4, 0.5) is 5.82 Å². The fraction of sp³-hybridized carbons (Fsp3) is 0.308. The van der Waals surface area contributed by atoms with Gasteiger partial charge in [0, 0.05) is 30.9 Å². The van der Waals surface area contributed by atoms with Crippen LogP contribution >= 0.6 is 11.6 Å². The van der Waals surface area contributed by atoms with Crippen molar-refractivity contribution >= 4 is 17.4 Å². The number of hydrogen-bond acceptors (Lipinski definition) is 4. The van der Waals surface area contributed by atoms with E-state index in [1.165, 1.54) is 0 Å². The molecule has 18 heavy (non-hydrogen) atoms. The average molecular weight is 263 g/mol. The van der Waals surface area contributed by atoms with Crippen LogP contribution in [-0.4, -0.2) is 15.0 Å². The zero-order valence-corrected chi connectivity index (χ0v) is 11.2. The number of rotatable bonds is 4. The molecule has 0 aliphatic heterocycles. The lowest BCUT2D eigenvalue weighted by Gasteiger charge is -2.10. The zero-order valence-electron chi connectivity index (χ0n) is 10.4. The lowest BCUT2D eigenvalue weighted by Crippen LogP contribution is -2.07. The van der Waals surface area contributed by atoms with Crippen LogP contribution in [0.25, 0.3) is 0 Å². The number of nitrogens with zero attached hydrogens (tertiary/aromatic N) is 3. The van der Waals surface area contributed by atoms with Gasteiger partial charge in [-0.1, -0.05) is 18.5 Å². The zero-order chi connectivity index (χ0) is 13.0. The first-order valence-electron chi connectivity index (χ1n) is 5.86. The molecule has 2 rings (SSSR count). The highest BCUT2D eigenvalue weighted by atomic mass is 35.5. The predicted molar refractivity (Wildman–Crippen MR) is 72.7 cm³/mol. The topological polar surface area (TPSA) is 50.7 Å². The Hall–Kier alpha value is -1.68. The van der Waals surface area contributed by atoms with Crippen LogP contribution in [0.1, 0.15) is 23.9 Å². The fourth-order valence-corrected chi connectivity index (χ4v) is 1.74. The van der Waals surface area contributed by atoms with Crippen molar-refractivity contribution < 1.29 is 0 Å². The average Bonchev–Trinajstić information content (AvgIpc) is 2.41. The highest BCUT2D eigenvalue weighted by Gasteiger charge is 2.08. The number of anilines is 1. The first-order chi connectivity index (χ1) is 8.70. The van der Waals surface area contributed by atoms with E-state index in [-0.39, 0.29) is 0 Å². The van der Waals surface area contributed by atoms with E-state index in [1.54, 1.807) is 12.4 Å². The molecule has 0 atom stereocenters. The Morgan fingerprint density at radius 1 is 1.22 bits per heavy atom. The number of nitrogens with one attached hydrogen (secondary N) is 1. The summed E-state index contributed by atoms with van der Waals surface area (Å²) in [5.41, 5.74) is 2.03. The molecule has 0 saturated heterocycles. The molecule has 94 valence electrons. The maximum atomic E-state index is 6.08. The third kappa shape index (κ3) is 2.96. The Morgan fingerprint density at radius 2 is 1.94 bits per heavy atom. The van der Waals surface area contributed by atoms with Crippen molar-refractivity contribution in [2.45, 2.75) is 26.8 Å². The molecular formula is C13H15ClN4. The van der Waals surface area contributed by atoms with Gasteiger partial charge in [-0.05, 0) is 24.6 Å². The summed E-state index contributed by atoms with van der Waals surface area (Å²) >= 11 is 6.08. The quantitative estimate of drug-likeness (QED) is 0.861. The largest absolute Gasteiger partial charge is 0.366 e. The maximum Gasteiger partial charge on any atom is 0.137 e. The molecule has 5 heteroatoms. The van der Waals surface area contributed by atoms with Gasteiger partial charge in [-0.25, -0.2) is 9.97 Å². The lowest BCUT2D eigenvalue weighted by atomic mass is 10.2. The molecule has 0 aliphatic carbocycles. The van der Waals surface area contributed by atoms with E-state index in [2.05, 4.69) is 20.3 Å². The van der Waals surface area contributed by atoms with Crippen LogP contribution < -0.4 is 5.32 Å². The van der Waals surface area contributed by atoms with Gasteiger partial charge in [0.15, 0.2) is 0 Å². The van der Waals surface area contributed by atoms with Crippen LogP contribution in [0.3, 0.4) is 0 Å². The minimum absolute atomic E-state index is 0.513. The molecule has 0 amide bonds. The molecule has 0 fully saturated rings. The first-order valence-corrected chi connectivity index (χ1v) is 6.24. The second kappa shape index (κ2) is 5.78. The summed E-state index contributed by atoms with van der Waals surface area (Å²) in [7, 11) is 0. The molecule has 2 aromatic heterocycles. The Kier molecular flexibility index (Phi) is 4.10. The van der Waals surface area contributed by atoms with Crippen LogP contribution in [0.15, 0.2) is 24.5 Å². The molecule has 0 saturated carbocycles. The molecule has 2 heterocycles. The summed E-state index contributed by atoms with van der Waals surface area (Å²) in [5, 5.41) is 3.79. The van der Waals surface area contributed by atoms with Gasteiger partial charge in [0.2, 0.25) is 0 Å². The Bertz CT molecular complexity index is 528. The normalized spacial score (nSPS) is 10.4. The molecule has 0 bridgehead atoms. The van der Waals surface area contributed by atoms with Gasteiger partial charge < -0.3 is 5.32 Å². The van der Waals surface area contributed by atoms with Crippen LogP contribution in [0.5, 0.6) is 0 Å². The van der Waals surface area contributed by atoms with Gasteiger partial charge >= 0.3 is 0 Å². The van der Waals surface area contributed by atoms with Gasteiger partial charge in [0.25, 0.3) is 0 Å². The molecular weight excluding hydrogens is 248 g/mol. The van der Waals surface area contributed by atoms with Crippen molar-refractivity contribution in [3.05, 3.63) is 46.6 Å². The lowest BCUT2D eigenvalue weighted by molar-refractivity contribution is 0.922. The number of aromatic nitrogens is 3. The third-order valence-corrected chi connectivity index (χ3v) is 3.03. The highest BCUT2D eigenvalue weighted by Crippen LogP contribution is 2.20. The number of halogens is 1. The predicted octanol–water partition coefficient (Wildman–Crippen LogP) is 3.01. The van der Waals surface area contributed by atoms with Crippen molar-refractivity contribution in [2.24, 2.45) is 0 Å². The molecule has 0 aliphatic rings. The van der Waals surface area contributed by atoms with Crippen molar-refractivity contribution in [3.8, 4) is 0 Å². The minimum Gasteiger partial charge on any atom is -0.366 e. The number of hydrogen-bond donors (Lipinski definition) is 1. The fourth-order valence-electron chi connectivity index (χ4n) is 1.55. The van der Waals surface area contributed by atoms with Crippen LogP contribution in [0.2, 0.25) is 5.15 Å². The molecule has 4 nitrogen and oxygen atoms in total. The van der Waals surface area contributed by atoms with Gasteiger partial charge in [-0.15, -0.1) is 0 Å². The summed E-state index contributed by atoms with van der Waals surface area (Å²) < 4.78 is 0. The number of pyridine rings is 1. The summed E-state index contributed by atoms with van der Waals surface area (Å²) in [6.45, 7) is 4.62. The van der Waals surface area contributed by atoms with Gasteiger partial charge in [0.1, 0.15) is 16.8 Å². The van der Waals surface area contributed by atoms with E-state index in [0.717, 1.165) is 29.2 Å². The second-order valence-corrected chi connectivity index (χ2v) is 4.32. The molecule has 0 spiro atoms. The molecule has 0 aromatic carbocycles. The van der Waals surface area contributed by atoms with Crippen molar-refractivity contribution in [1.29, 1.82) is 0 Å². The smallest absolute Gasteiger partial charge is 0.137 e. The summed E-state index contributed by atoms with van der Waals surface area (Å²) in [4.78, 5) is 12.6. The SMILES string of the molecule is CCc1nc(Cl)c(C)c(NCc2ccncc2)n1. The van der Waals surface area contributed by atoms with Gasteiger partial charge in [-0.3, -0.25) is 4.98 Å². The van der Waals surface area contributed by atoms with Crippen molar-refractivity contribution in [2.75, 3.05) is 5.32 Å². The standard InChI is InChI=1S/C13H15ClN4/c1-3-11-17-12(14)9(2)13(18-11)16-8-10-4-6-15-7-5-10/h4-7H,3,8H2,1-2H3,(H,16,17,18). The summed E-state index contributed by atoms with van der Waals surface area (Å²) in [5.74, 6) is 1.55. The van der Waals surface area contributed by atoms with E-state index >= 15 is 0 Å². The first kappa shape index (κ1) is 12.8. The third-order valence-electron chi connectivity index (χ3n) is 2.66. The van der Waals surface area contributed by atoms with Crippen molar-refractivity contribution in [3.63, 3.8) is 0 Å². The number of aryl methyl sites for hydroxylation is 1. The molecule has 2 aromatic rings. The molecule has 0 unspecified atom stereocenters. The van der Waals surface area contributed by atoms with Crippen LogP contribution in [0, 0.1) is 6.92 Å². The Morgan fingerprint density at radius 3 is 2.61 bits per heavy atom. The van der Waals surface area contributed by atoms with E-state index in [1.807, 2.05) is 26.0 Å². The minimum atomic E-state index is 0.513. The highest BCUT2D eigenvalue weighted by molar-refractivity contribution is 6.30. The van der Waals surface area contributed by atoms with E-state index < -0.39 is 0 Å². The molecule has 1 N–H and O–H groups in total. The van der Waals surface area contributed by atoms with E-state index in [0.29, 0.717) is 11.7 Å². The van der Waals surface area contributed by atoms with Crippen LogP contribution in [-0.2, 0) is 13.0 Å². The Labute approximate surface area is 111 Å². The maximum absolute atomic E-state index is 6.08. The second-order valence-electron chi connectivity index (χ2n) is 3.97. The monoisotopic (exact) mass is 262 g/mol. The van der Waals surface area contributed by atoms with E-state index in [4.69, 9.17) is 11.6 Å². The molecule has 0 radical (unpaired) electrons. The summed E-state index contributed by atoms with van der Waals surface area (Å²) in [6.07, 6.45) is 4.31. The van der Waals surface area contributed by atoms with Crippen molar-refractivity contribution in [1.82, 2.24) is 15.0 Å². The summed E-state index contributed by atoms with van der Waals surface area (Å²) in [6, 6.07) is 3.93. The van der Waals surface area contributed by atoms with Gasteiger partial charge in [0.05, 0.1) is 0 Å². The Balaban J connectivity index is 2.16.